The molecule has 160 valence electrons. The largest absolute Gasteiger partial charge is 0.394 e. The molecule has 2 atom stereocenters. The van der Waals surface area contributed by atoms with E-state index in [1.54, 1.807) is 11.8 Å². The first kappa shape index (κ1) is 21.3. The van der Waals surface area contributed by atoms with Crippen molar-refractivity contribution in [3.05, 3.63) is 35.9 Å². The first-order valence-electron chi connectivity index (χ1n) is 10.3. The van der Waals surface area contributed by atoms with Crippen molar-refractivity contribution in [2.24, 2.45) is 0 Å². The fourth-order valence-electron chi connectivity index (χ4n) is 3.24. The van der Waals surface area contributed by atoms with E-state index in [0.717, 1.165) is 53.8 Å². The van der Waals surface area contributed by atoms with E-state index < -0.39 is 0 Å². The highest BCUT2D eigenvalue weighted by Crippen LogP contribution is 2.33. The molecular formula is C21H27N5O2S2. The van der Waals surface area contributed by atoms with Crippen LogP contribution in [0.5, 0.6) is 0 Å². The van der Waals surface area contributed by atoms with Gasteiger partial charge in [0.1, 0.15) is 4.70 Å². The van der Waals surface area contributed by atoms with Gasteiger partial charge in [0.25, 0.3) is 0 Å². The van der Waals surface area contributed by atoms with E-state index in [4.69, 9.17) is 14.7 Å². The Morgan fingerprint density at radius 3 is 2.87 bits per heavy atom. The van der Waals surface area contributed by atoms with E-state index in [-0.39, 0.29) is 18.8 Å². The number of hydrogen-bond donors (Lipinski definition) is 3. The van der Waals surface area contributed by atoms with Gasteiger partial charge in [-0.1, -0.05) is 60.4 Å². The quantitative estimate of drug-likeness (QED) is 0.317. The molecule has 0 amide bonds. The number of benzene rings is 1. The number of rotatable bonds is 10. The molecule has 4 rings (SSSR count). The van der Waals surface area contributed by atoms with Crippen molar-refractivity contribution in [2.45, 2.75) is 49.2 Å². The zero-order valence-corrected chi connectivity index (χ0v) is 18.6. The van der Waals surface area contributed by atoms with E-state index >= 15 is 0 Å². The van der Waals surface area contributed by atoms with Crippen molar-refractivity contribution >= 4 is 44.4 Å². The first-order valence-corrected chi connectivity index (χ1v) is 12.1. The summed E-state index contributed by atoms with van der Waals surface area (Å²) in [4.78, 5) is 14.1. The van der Waals surface area contributed by atoms with Crippen LogP contribution in [0, 0.1) is 0 Å². The first-order chi connectivity index (χ1) is 14.7. The summed E-state index contributed by atoms with van der Waals surface area (Å²) < 4.78 is 6.59. The van der Waals surface area contributed by atoms with Crippen molar-refractivity contribution in [1.29, 1.82) is 0 Å². The van der Waals surface area contributed by atoms with Crippen LogP contribution in [0.15, 0.2) is 35.5 Å². The van der Waals surface area contributed by atoms with Crippen LogP contribution in [0.3, 0.4) is 0 Å². The van der Waals surface area contributed by atoms with Crippen molar-refractivity contribution < 1.29 is 9.84 Å². The summed E-state index contributed by atoms with van der Waals surface area (Å²) in [5, 5.41) is 17.9. The zero-order chi connectivity index (χ0) is 20.8. The van der Waals surface area contributed by atoms with Gasteiger partial charge in [-0.2, -0.15) is 4.98 Å². The summed E-state index contributed by atoms with van der Waals surface area (Å²) in [7, 11) is 0. The van der Waals surface area contributed by atoms with Crippen LogP contribution in [0.1, 0.15) is 31.7 Å². The summed E-state index contributed by atoms with van der Waals surface area (Å²) in [6.45, 7) is 3.68. The number of anilines is 2. The van der Waals surface area contributed by atoms with Gasteiger partial charge < -0.3 is 20.5 Å². The lowest BCUT2D eigenvalue weighted by molar-refractivity contribution is 0.120. The fraction of sp³-hybridized carbons (Fsp3) is 0.476. The highest BCUT2D eigenvalue weighted by atomic mass is 32.2. The molecule has 3 aromatic rings. The lowest BCUT2D eigenvalue weighted by Gasteiger charge is -2.15. The summed E-state index contributed by atoms with van der Waals surface area (Å²) in [6, 6.07) is 10.2. The lowest BCUT2D eigenvalue weighted by atomic mass is 10.2. The van der Waals surface area contributed by atoms with Crippen LogP contribution in [0.25, 0.3) is 10.3 Å². The van der Waals surface area contributed by atoms with Gasteiger partial charge in [-0.3, -0.25) is 0 Å². The van der Waals surface area contributed by atoms with Gasteiger partial charge in [-0.05, 0) is 24.8 Å². The third kappa shape index (κ3) is 5.40. The van der Waals surface area contributed by atoms with Gasteiger partial charge in [0.15, 0.2) is 21.8 Å². The molecule has 0 aliphatic carbocycles. The Kier molecular flexibility index (Phi) is 7.37. The molecule has 9 heteroatoms. The number of fused-ring (bicyclic) bond motifs is 1. The van der Waals surface area contributed by atoms with E-state index in [2.05, 4.69) is 27.8 Å². The minimum absolute atomic E-state index is 0.0530. The van der Waals surface area contributed by atoms with Crippen LogP contribution in [0.2, 0.25) is 0 Å². The van der Waals surface area contributed by atoms with Gasteiger partial charge in [0.2, 0.25) is 0 Å². The lowest BCUT2D eigenvalue weighted by Crippen LogP contribution is -2.23. The van der Waals surface area contributed by atoms with Crippen LogP contribution < -0.4 is 10.6 Å². The second kappa shape index (κ2) is 10.4. The molecule has 0 saturated carbocycles. The average Bonchev–Trinajstić information content (AvgIpc) is 3.44. The molecular weight excluding hydrogens is 418 g/mol. The molecule has 3 heterocycles. The molecule has 7 nitrogen and oxygen atoms in total. The molecule has 0 bridgehead atoms. The van der Waals surface area contributed by atoms with Crippen LogP contribution in [-0.2, 0) is 10.5 Å². The monoisotopic (exact) mass is 445 g/mol. The van der Waals surface area contributed by atoms with Crippen LogP contribution in [-0.4, -0.2) is 52.0 Å². The molecule has 1 aromatic carbocycles. The van der Waals surface area contributed by atoms with Gasteiger partial charge in [-0.15, -0.1) is 0 Å². The molecule has 2 unspecified atom stereocenters. The molecule has 3 N–H and O–H groups in total. The SMILES string of the molecule is CCC(CO)Nc1nc(SCc2ccccc2)nc2nc(NCC3CCCO3)sc12. The third-order valence-electron chi connectivity index (χ3n) is 5.00. The molecule has 2 aromatic heterocycles. The summed E-state index contributed by atoms with van der Waals surface area (Å²) in [6.07, 6.45) is 3.25. The van der Waals surface area contributed by atoms with Crippen LogP contribution >= 0.6 is 23.1 Å². The Morgan fingerprint density at radius 1 is 1.27 bits per heavy atom. The highest BCUT2D eigenvalue weighted by Gasteiger charge is 2.19. The second-order valence-electron chi connectivity index (χ2n) is 7.25. The number of aliphatic hydroxyl groups excluding tert-OH is 1. The standard InChI is InChI=1S/C21H27N5O2S2/c1-2-15(12-27)23-18-17-19(24-20(30-17)22-11-16-9-6-10-28-16)26-21(25-18)29-13-14-7-4-3-5-8-14/h3-5,7-8,15-16,27H,2,6,9-13H2,1H3,(H2,22,23,24,25,26). The van der Waals surface area contributed by atoms with Crippen LogP contribution in [0.4, 0.5) is 10.9 Å². The fourth-order valence-corrected chi connectivity index (χ4v) is 4.90. The van der Waals surface area contributed by atoms with E-state index in [0.29, 0.717) is 10.8 Å². The molecule has 1 aliphatic rings. The van der Waals surface area contributed by atoms with E-state index in [1.165, 1.54) is 16.9 Å². The van der Waals surface area contributed by atoms with Crippen molar-refractivity contribution in [3.63, 3.8) is 0 Å². The Hall–Kier alpha value is -1.94. The van der Waals surface area contributed by atoms with Gasteiger partial charge in [0.05, 0.1) is 18.8 Å². The summed E-state index contributed by atoms with van der Waals surface area (Å²) in [5.41, 5.74) is 1.90. The maximum absolute atomic E-state index is 9.64. The number of aliphatic hydroxyl groups is 1. The maximum Gasteiger partial charge on any atom is 0.191 e. The van der Waals surface area contributed by atoms with Crippen molar-refractivity contribution in [1.82, 2.24) is 15.0 Å². The van der Waals surface area contributed by atoms with Gasteiger partial charge >= 0.3 is 0 Å². The number of nitrogens with zero attached hydrogens (tertiary/aromatic N) is 3. The second-order valence-corrected chi connectivity index (χ2v) is 9.19. The number of nitrogens with one attached hydrogen (secondary N) is 2. The predicted molar refractivity (Wildman–Crippen MR) is 123 cm³/mol. The Labute approximate surface area is 184 Å². The van der Waals surface area contributed by atoms with E-state index in [1.807, 2.05) is 25.1 Å². The van der Waals surface area contributed by atoms with Crippen molar-refractivity contribution in [3.8, 4) is 0 Å². The highest BCUT2D eigenvalue weighted by molar-refractivity contribution is 7.98. The molecule has 1 saturated heterocycles. The normalized spacial score (nSPS) is 17.3. The number of ether oxygens (including phenoxy) is 1. The molecule has 0 spiro atoms. The number of hydrogen-bond acceptors (Lipinski definition) is 9. The Bertz CT molecular complexity index is 943. The average molecular weight is 446 g/mol. The van der Waals surface area contributed by atoms with E-state index in [9.17, 15) is 5.11 Å². The smallest absolute Gasteiger partial charge is 0.191 e. The third-order valence-corrected chi connectivity index (χ3v) is 6.93. The zero-order valence-electron chi connectivity index (χ0n) is 17.0. The number of thiazole rings is 1. The maximum atomic E-state index is 9.64. The molecule has 1 aliphatic heterocycles. The number of thioether (sulfide) groups is 1. The minimum Gasteiger partial charge on any atom is -0.394 e. The van der Waals surface area contributed by atoms with Gasteiger partial charge in [0, 0.05) is 18.9 Å². The molecule has 1 fully saturated rings. The predicted octanol–water partition coefficient (Wildman–Crippen LogP) is 4.15. The van der Waals surface area contributed by atoms with Crippen molar-refractivity contribution in [2.75, 3.05) is 30.4 Å². The minimum atomic E-state index is -0.0551. The molecule has 30 heavy (non-hydrogen) atoms. The topological polar surface area (TPSA) is 92.2 Å². The summed E-state index contributed by atoms with van der Waals surface area (Å²) in [5.74, 6) is 1.52. The Morgan fingerprint density at radius 2 is 2.13 bits per heavy atom. The Balaban J connectivity index is 1.56. The van der Waals surface area contributed by atoms with Gasteiger partial charge in [-0.25, -0.2) is 9.97 Å². The molecule has 0 radical (unpaired) electrons. The number of aromatic nitrogens is 3. The summed E-state index contributed by atoms with van der Waals surface area (Å²) >= 11 is 3.12.